The van der Waals surface area contributed by atoms with Crippen LogP contribution < -0.4 is 5.76 Å². The molecule has 0 saturated heterocycles. The quantitative estimate of drug-likeness (QED) is 0.724. The van der Waals surface area contributed by atoms with Gasteiger partial charge in [0.1, 0.15) is 0 Å². The Hall–Kier alpha value is -3.07. The number of hydrogen-bond donors (Lipinski definition) is 0. The summed E-state index contributed by atoms with van der Waals surface area (Å²) in [5, 5.41) is 13.1. The lowest BCUT2D eigenvalue weighted by atomic mass is 10.1. The van der Waals surface area contributed by atoms with E-state index in [2.05, 4.69) is 11.2 Å². The molecule has 20 heavy (non-hydrogen) atoms. The van der Waals surface area contributed by atoms with Crippen molar-refractivity contribution in [3.8, 4) is 17.7 Å². The van der Waals surface area contributed by atoms with E-state index in [4.69, 9.17) is 14.1 Å². The Labute approximate surface area is 113 Å². The zero-order chi connectivity index (χ0) is 13.9. The summed E-state index contributed by atoms with van der Waals surface area (Å²) in [6.45, 7) is 0.173. The largest absolute Gasteiger partial charge is 0.459 e. The third kappa shape index (κ3) is 2.12. The minimum atomic E-state index is -0.593. The Bertz CT molecular complexity index is 822. The Kier molecular flexibility index (Phi) is 2.94. The minimum absolute atomic E-state index is 0.120. The Balaban J connectivity index is 1.96. The van der Waals surface area contributed by atoms with Crippen molar-refractivity contribution >= 4 is 0 Å². The van der Waals surface area contributed by atoms with Crippen LogP contribution >= 0.6 is 0 Å². The van der Waals surface area contributed by atoms with Crippen LogP contribution in [0.2, 0.25) is 0 Å². The third-order valence-corrected chi connectivity index (χ3v) is 2.80. The number of furan rings is 1. The lowest BCUT2D eigenvalue weighted by Gasteiger charge is -2.01. The van der Waals surface area contributed by atoms with Crippen molar-refractivity contribution in [1.82, 2.24) is 9.78 Å². The van der Waals surface area contributed by atoms with Gasteiger partial charge in [-0.25, -0.2) is 4.79 Å². The predicted molar refractivity (Wildman–Crippen MR) is 68.7 cm³/mol. The molecule has 0 aliphatic heterocycles. The summed E-state index contributed by atoms with van der Waals surface area (Å²) < 4.78 is 11.3. The van der Waals surface area contributed by atoms with Gasteiger partial charge in [0.25, 0.3) is 5.89 Å². The van der Waals surface area contributed by atoms with Gasteiger partial charge < -0.3 is 8.83 Å². The van der Waals surface area contributed by atoms with Crippen molar-refractivity contribution in [2.45, 2.75) is 6.54 Å². The molecule has 6 heteroatoms. The maximum atomic E-state index is 11.7. The van der Waals surface area contributed by atoms with Crippen molar-refractivity contribution in [2.24, 2.45) is 0 Å². The predicted octanol–water partition coefficient (Wildman–Crippen LogP) is 2.02. The molecule has 98 valence electrons. The maximum absolute atomic E-state index is 11.7. The Morgan fingerprint density at radius 2 is 2.10 bits per heavy atom. The fraction of sp³-hybridized carbons (Fsp3) is 0.0714. The van der Waals surface area contributed by atoms with Gasteiger partial charge in [0.05, 0.1) is 24.4 Å². The first-order valence-corrected chi connectivity index (χ1v) is 5.88. The van der Waals surface area contributed by atoms with Gasteiger partial charge in [0.2, 0.25) is 0 Å². The van der Waals surface area contributed by atoms with Gasteiger partial charge in [0, 0.05) is 0 Å². The number of aromatic nitrogens is 2. The van der Waals surface area contributed by atoms with Crippen LogP contribution in [-0.2, 0) is 6.54 Å². The van der Waals surface area contributed by atoms with Crippen molar-refractivity contribution in [3.63, 3.8) is 0 Å². The molecule has 2 heterocycles. The average molecular weight is 267 g/mol. The summed E-state index contributed by atoms with van der Waals surface area (Å²) in [6.07, 6.45) is 1.47. The molecule has 0 bridgehead atoms. The molecule has 3 aromatic rings. The zero-order valence-electron chi connectivity index (χ0n) is 10.3. The highest BCUT2D eigenvalue weighted by atomic mass is 16.4. The van der Waals surface area contributed by atoms with Crippen molar-refractivity contribution in [1.29, 1.82) is 5.26 Å². The van der Waals surface area contributed by atoms with Crippen LogP contribution in [0.25, 0.3) is 11.7 Å². The second kappa shape index (κ2) is 4.90. The highest BCUT2D eigenvalue weighted by Crippen LogP contribution is 2.16. The molecule has 0 fully saturated rings. The van der Waals surface area contributed by atoms with Gasteiger partial charge >= 0.3 is 5.76 Å². The van der Waals surface area contributed by atoms with E-state index in [1.807, 2.05) is 0 Å². The molecule has 0 unspecified atom stereocenters. The molecule has 0 saturated carbocycles. The first-order chi connectivity index (χ1) is 9.78. The van der Waals surface area contributed by atoms with Crippen LogP contribution in [0.1, 0.15) is 11.1 Å². The van der Waals surface area contributed by atoms with E-state index in [1.165, 1.54) is 6.26 Å². The van der Waals surface area contributed by atoms with Crippen molar-refractivity contribution < 1.29 is 8.83 Å². The monoisotopic (exact) mass is 267 g/mol. The maximum Gasteiger partial charge on any atom is 0.437 e. The minimum Gasteiger partial charge on any atom is -0.459 e. The Morgan fingerprint density at radius 1 is 1.25 bits per heavy atom. The number of nitrogens with zero attached hydrogens (tertiary/aromatic N) is 3. The fourth-order valence-corrected chi connectivity index (χ4v) is 1.83. The van der Waals surface area contributed by atoms with E-state index in [0.717, 1.165) is 4.68 Å². The Morgan fingerprint density at radius 3 is 2.85 bits per heavy atom. The van der Waals surface area contributed by atoms with E-state index in [-0.39, 0.29) is 12.4 Å². The molecule has 0 amide bonds. The third-order valence-electron chi connectivity index (χ3n) is 2.80. The summed E-state index contributed by atoms with van der Waals surface area (Å²) in [5.41, 5.74) is 1.21. The van der Waals surface area contributed by atoms with Gasteiger partial charge in [-0.3, -0.25) is 0 Å². The second-order valence-corrected chi connectivity index (χ2v) is 4.08. The molecular formula is C14H9N3O3. The molecule has 0 radical (unpaired) electrons. The van der Waals surface area contributed by atoms with Gasteiger partial charge in [0.15, 0.2) is 5.76 Å². The lowest BCUT2D eigenvalue weighted by Crippen LogP contribution is -2.17. The first-order valence-electron chi connectivity index (χ1n) is 5.88. The molecule has 3 rings (SSSR count). The van der Waals surface area contributed by atoms with Crippen LogP contribution in [0.3, 0.4) is 0 Å². The van der Waals surface area contributed by atoms with Gasteiger partial charge in [-0.1, -0.05) is 18.2 Å². The van der Waals surface area contributed by atoms with Crippen molar-refractivity contribution in [2.75, 3.05) is 0 Å². The molecule has 6 nitrogen and oxygen atoms in total. The summed E-state index contributed by atoms with van der Waals surface area (Å²) in [6, 6.07) is 12.4. The van der Waals surface area contributed by atoms with E-state index < -0.39 is 5.76 Å². The molecule has 0 spiro atoms. The molecular weight excluding hydrogens is 258 g/mol. The van der Waals surface area contributed by atoms with E-state index in [0.29, 0.717) is 16.9 Å². The molecule has 0 aliphatic carbocycles. The fourth-order valence-electron chi connectivity index (χ4n) is 1.83. The highest BCUT2D eigenvalue weighted by Gasteiger charge is 2.13. The number of benzene rings is 1. The molecule has 0 atom stereocenters. The van der Waals surface area contributed by atoms with Gasteiger partial charge in [-0.05, 0) is 23.8 Å². The first kappa shape index (κ1) is 12.0. The summed E-state index contributed by atoms with van der Waals surface area (Å²) >= 11 is 0. The summed E-state index contributed by atoms with van der Waals surface area (Å²) in [5.74, 6) is -0.0898. The number of rotatable bonds is 3. The van der Waals surface area contributed by atoms with Gasteiger partial charge in [-0.15, -0.1) is 5.10 Å². The SMILES string of the molecule is N#Cc1ccccc1Cn1nc(-c2ccco2)oc1=O. The zero-order valence-corrected chi connectivity index (χ0v) is 10.3. The van der Waals surface area contributed by atoms with Crippen LogP contribution in [0.4, 0.5) is 0 Å². The second-order valence-electron chi connectivity index (χ2n) is 4.08. The van der Waals surface area contributed by atoms with Crippen LogP contribution in [0, 0.1) is 11.3 Å². The van der Waals surface area contributed by atoms with Gasteiger partial charge in [-0.2, -0.15) is 9.94 Å². The molecule has 2 aromatic heterocycles. The topological polar surface area (TPSA) is 85.0 Å². The van der Waals surface area contributed by atoms with E-state index >= 15 is 0 Å². The molecule has 0 N–H and O–H groups in total. The van der Waals surface area contributed by atoms with Crippen LogP contribution in [0.5, 0.6) is 0 Å². The van der Waals surface area contributed by atoms with Crippen LogP contribution in [-0.4, -0.2) is 9.78 Å². The lowest BCUT2D eigenvalue weighted by molar-refractivity contribution is 0.476. The summed E-state index contributed by atoms with van der Waals surface area (Å²) in [4.78, 5) is 11.7. The van der Waals surface area contributed by atoms with E-state index in [1.54, 1.807) is 36.4 Å². The number of hydrogen-bond acceptors (Lipinski definition) is 5. The standard InChI is InChI=1S/C14H9N3O3/c15-8-10-4-1-2-5-11(10)9-17-14(18)20-13(16-17)12-6-3-7-19-12/h1-7H,9H2. The smallest absolute Gasteiger partial charge is 0.437 e. The molecule has 0 aliphatic rings. The molecule has 1 aromatic carbocycles. The van der Waals surface area contributed by atoms with Crippen molar-refractivity contribution in [3.05, 3.63) is 64.3 Å². The highest BCUT2D eigenvalue weighted by molar-refractivity contribution is 5.42. The van der Waals surface area contributed by atoms with E-state index in [9.17, 15) is 4.79 Å². The summed E-state index contributed by atoms with van der Waals surface area (Å²) in [7, 11) is 0. The van der Waals surface area contributed by atoms with Crippen LogP contribution in [0.15, 0.2) is 56.3 Å². The normalized spacial score (nSPS) is 10.3. The average Bonchev–Trinajstić information content (AvgIpc) is 3.10. The number of nitriles is 1.